The standard InChI is InChI=1S/C27H26ClN3O3/c28-22-7-4-8-24(15-22)34-25-10-9-21(16-29-25)27(33)31-17-23(18-31)30-13-11-20(12-14-30)26(32)19-5-2-1-3-6-19/h1-10,15-16,20,23H,11-14,17-18H2. The molecule has 1 amide bonds. The van der Waals surface area contributed by atoms with Crippen LogP contribution in [-0.2, 0) is 0 Å². The Morgan fingerprint density at radius 3 is 2.35 bits per heavy atom. The maximum atomic E-state index is 12.8. The van der Waals surface area contributed by atoms with Crippen molar-refractivity contribution >= 4 is 23.3 Å². The first kappa shape index (κ1) is 22.6. The number of hydrogen-bond acceptors (Lipinski definition) is 5. The number of aromatic nitrogens is 1. The third-order valence-corrected chi connectivity index (χ3v) is 6.86. The van der Waals surface area contributed by atoms with E-state index in [0.29, 0.717) is 41.3 Å². The first-order chi connectivity index (χ1) is 16.6. The second-order valence-corrected chi connectivity index (χ2v) is 9.29. The van der Waals surface area contributed by atoms with E-state index in [-0.39, 0.29) is 17.6 Å². The number of carbonyl (C=O) groups excluding carboxylic acids is 2. The van der Waals surface area contributed by atoms with E-state index in [1.807, 2.05) is 35.2 Å². The van der Waals surface area contributed by atoms with Gasteiger partial charge in [-0.25, -0.2) is 4.98 Å². The summed E-state index contributed by atoms with van der Waals surface area (Å²) in [7, 11) is 0. The van der Waals surface area contributed by atoms with Crippen LogP contribution < -0.4 is 4.74 Å². The number of rotatable bonds is 6. The number of ketones is 1. The molecule has 7 heteroatoms. The van der Waals surface area contributed by atoms with E-state index in [9.17, 15) is 9.59 Å². The SMILES string of the molecule is O=C(c1ccccc1)C1CCN(C2CN(C(=O)c3ccc(Oc4cccc(Cl)c4)nc3)C2)CC1. The molecule has 0 atom stereocenters. The fraction of sp³-hybridized carbons (Fsp3) is 0.296. The summed E-state index contributed by atoms with van der Waals surface area (Å²) in [6.45, 7) is 3.20. The molecule has 174 valence electrons. The normalized spacial score (nSPS) is 17.3. The molecule has 34 heavy (non-hydrogen) atoms. The predicted octanol–water partition coefficient (Wildman–Crippen LogP) is 4.95. The number of Topliss-reactive ketones (excluding diaryl/α,β-unsaturated/α-hetero) is 1. The van der Waals surface area contributed by atoms with Gasteiger partial charge in [-0.15, -0.1) is 0 Å². The molecule has 0 radical (unpaired) electrons. The molecular weight excluding hydrogens is 450 g/mol. The summed E-state index contributed by atoms with van der Waals surface area (Å²) in [5, 5.41) is 0.587. The van der Waals surface area contributed by atoms with Crippen molar-refractivity contribution in [1.82, 2.24) is 14.8 Å². The number of pyridine rings is 1. The Morgan fingerprint density at radius 1 is 0.912 bits per heavy atom. The van der Waals surface area contributed by atoms with Gasteiger partial charge in [-0.3, -0.25) is 14.5 Å². The number of amides is 1. The monoisotopic (exact) mass is 475 g/mol. The van der Waals surface area contributed by atoms with Gasteiger partial charge in [0.25, 0.3) is 5.91 Å². The molecule has 6 nitrogen and oxygen atoms in total. The van der Waals surface area contributed by atoms with E-state index in [2.05, 4.69) is 9.88 Å². The predicted molar refractivity (Wildman–Crippen MR) is 131 cm³/mol. The Bertz CT molecular complexity index is 1160. The molecule has 3 aromatic rings. The van der Waals surface area contributed by atoms with Crippen molar-refractivity contribution in [2.24, 2.45) is 5.92 Å². The van der Waals surface area contributed by atoms with E-state index in [1.54, 1.807) is 42.6 Å². The van der Waals surface area contributed by atoms with Gasteiger partial charge < -0.3 is 9.64 Å². The lowest BCUT2D eigenvalue weighted by Gasteiger charge is -2.47. The molecule has 3 heterocycles. The van der Waals surface area contributed by atoms with E-state index in [0.717, 1.165) is 31.5 Å². The molecule has 2 fully saturated rings. The second-order valence-electron chi connectivity index (χ2n) is 8.85. The van der Waals surface area contributed by atoms with Gasteiger partial charge in [-0.05, 0) is 50.2 Å². The van der Waals surface area contributed by atoms with Crippen LogP contribution in [0.5, 0.6) is 11.6 Å². The molecule has 0 spiro atoms. The zero-order valence-electron chi connectivity index (χ0n) is 18.8. The van der Waals surface area contributed by atoms with Crippen molar-refractivity contribution in [3.63, 3.8) is 0 Å². The Hall–Kier alpha value is -3.22. The highest BCUT2D eigenvalue weighted by Crippen LogP contribution is 2.27. The van der Waals surface area contributed by atoms with E-state index in [4.69, 9.17) is 16.3 Å². The largest absolute Gasteiger partial charge is 0.439 e. The third kappa shape index (κ3) is 4.98. The Labute approximate surface area is 204 Å². The topological polar surface area (TPSA) is 62.7 Å². The van der Waals surface area contributed by atoms with E-state index in [1.165, 1.54) is 0 Å². The molecule has 1 aromatic heterocycles. The summed E-state index contributed by atoms with van der Waals surface area (Å²) in [5.74, 6) is 1.33. The highest BCUT2D eigenvalue weighted by Gasteiger charge is 2.37. The zero-order valence-corrected chi connectivity index (χ0v) is 19.5. The van der Waals surface area contributed by atoms with Crippen LogP contribution in [-0.4, -0.2) is 58.7 Å². The smallest absolute Gasteiger partial charge is 0.255 e. The molecule has 2 aromatic carbocycles. The van der Waals surface area contributed by atoms with Crippen molar-refractivity contribution in [2.45, 2.75) is 18.9 Å². The van der Waals surface area contributed by atoms with Gasteiger partial charge in [0.05, 0.1) is 5.56 Å². The highest BCUT2D eigenvalue weighted by molar-refractivity contribution is 6.30. The van der Waals surface area contributed by atoms with Crippen LogP contribution >= 0.6 is 11.6 Å². The van der Waals surface area contributed by atoms with Crippen LogP contribution in [0.3, 0.4) is 0 Å². The van der Waals surface area contributed by atoms with Gasteiger partial charge in [-0.1, -0.05) is 48.0 Å². The minimum Gasteiger partial charge on any atom is -0.439 e. The molecule has 0 aliphatic carbocycles. The van der Waals surface area contributed by atoms with Crippen LogP contribution in [0.15, 0.2) is 72.9 Å². The van der Waals surface area contributed by atoms with Crippen molar-refractivity contribution in [1.29, 1.82) is 0 Å². The fourth-order valence-electron chi connectivity index (χ4n) is 4.62. The van der Waals surface area contributed by atoms with Gasteiger partial charge in [0.2, 0.25) is 5.88 Å². The van der Waals surface area contributed by atoms with Gasteiger partial charge in [0.15, 0.2) is 5.78 Å². The molecule has 0 unspecified atom stereocenters. The van der Waals surface area contributed by atoms with Crippen LogP contribution in [0.25, 0.3) is 0 Å². The molecule has 0 N–H and O–H groups in total. The summed E-state index contributed by atoms with van der Waals surface area (Å²) >= 11 is 5.98. The molecule has 2 aliphatic rings. The third-order valence-electron chi connectivity index (χ3n) is 6.63. The number of hydrogen-bond donors (Lipinski definition) is 0. The second kappa shape index (κ2) is 9.95. The lowest BCUT2D eigenvalue weighted by molar-refractivity contribution is 0.0150. The Balaban J connectivity index is 1.09. The molecule has 0 saturated carbocycles. The number of likely N-dealkylation sites (tertiary alicyclic amines) is 2. The fourth-order valence-corrected chi connectivity index (χ4v) is 4.80. The van der Waals surface area contributed by atoms with Crippen LogP contribution in [0.2, 0.25) is 5.02 Å². The van der Waals surface area contributed by atoms with E-state index >= 15 is 0 Å². The maximum absolute atomic E-state index is 12.8. The number of piperidine rings is 1. The molecule has 2 aliphatic heterocycles. The summed E-state index contributed by atoms with van der Waals surface area (Å²) in [5.41, 5.74) is 1.35. The van der Waals surface area contributed by atoms with Gasteiger partial charge in [-0.2, -0.15) is 0 Å². The van der Waals surface area contributed by atoms with Crippen LogP contribution in [0.4, 0.5) is 0 Å². The summed E-state index contributed by atoms with van der Waals surface area (Å²) in [4.78, 5) is 34.1. The minimum absolute atomic E-state index is 0.0211. The number of carbonyl (C=O) groups is 2. The quantitative estimate of drug-likeness (QED) is 0.472. The van der Waals surface area contributed by atoms with Crippen LogP contribution in [0.1, 0.15) is 33.6 Å². The Morgan fingerprint density at radius 2 is 1.68 bits per heavy atom. The van der Waals surface area contributed by atoms with E-state index < -0.39 is 0 Å². The van der Waals surface area contributed by atoms with Crippen molar-refractivity contribution < 1.29 is 14.3 Å². The van der Waals surface area contributed by atoms with Crippen molar-refractivity contribution in [3.05, 3.63) is 89.1 Å². The molecular formula is C27H26ClN3O3. The number of halogens is 1. The average molecular weight is 476 g/mol. The van der Waals surface area contributed by atoms with Crippen molar-refractivity contribution in [3.8, 4) is 11.6 Å². The first-order valence-electron chi connectivity index (χ1n) is 11.6. The van der Waals surface area contributed by atoms with Gasteiger partial charge in [0, 0.05) is 47.9 Å². The number of benzene rings is 2. The summed E-state index contributed by atoms with van der Waals surface area (Å²) in [6, 6.07) is 20.4. The van der Waals surface area contributed by atoms with Crippen LogP contribution in [0, 0.1) is 5.92 Å². The molecule has 5 rings (SSSR count). The Kier molecular flexibility index (Phi) is 6.61. The van der Waals surface area contributed by atoms with Gasteiger partial charge >= 0.3 is 0 Å². The lowest BCUT2D eigenvalue weighted by Crippen LogP contribution is -2.62. The summed E-state index contributed by atoms with van der Waals surface area (Å²) in [6.07, 6.45) is 3.29. The first-order valence-corrected chi connectivity index (χ1v) is 12.0. The minimum atomic E-state index is -0.0211. The lowest BCUT2D eigenvalue weighted by atomic mass is 9.87. The maximum Gasteiger partial charge on any atom is 0.255 e. The highest BCUT2D eigenvalue weighted by atomic mass is 35.5. The zero-order chi connectivity index (χ0) is 23.5. The average Bonchev–Trinajstić information content (AvgIpc) is 2.84. The molecule has 2 saturated heterocycles. The number of ether oxygens (including phenoxy) is 1. The van der Waals surface area contributed by atoms with Gasteiger partial charge in [0.1, 0.15) is 5.75 Å². The number of nitrogens with zero attached hydrogens (tertiary/aromatic N) is 3. The molecule has 0 bridgehead atoms. The van der Waals surface area contributed by atoms with Crippen molar-refractivity contribution in [2.75, 3.05) is 26.2 Å². The summed E-state index contributed by atoms with van der Waals surface area (Å²) < 4.78 is 5.69.